The SMILES string of the molecule is Cc1noc(C)c1NC(=O)c1ccc(Cn2nc(C(F)F)c(Cl)c2C(F)F)o1. The molecule has 0 unspecified atom stereocenters. The van der Waals surface area contributed by atoms with E-state index in [0.717, 1.165) is 0 Å². The number of halogens is 5. The molecule has 0 saturated carbocycles. The molecule has 7 nitrogen and oxygen atoms in total. The molecule has 28 heavy (non-hydrogen) atoms. The van der Waals surface area contributed by atoms with Crippen LogP contribution in [0.25, 0.3) is 0 Å². The highest BCUT2D eigenvalue weighted by Crippen LogP contribution is 2.35. The van der Waals surface area contributed by atoms with Crippen molar-refractivity contribution in [3.05, 3.63) is 51.5 Å². The van der Waals surface area contributed by atoms with Crippen molar-refractivity contribution in [3.8, 4) is 0 Å². The number of nitrogens with one attached hydrogen (secondary N) is 1. The van der Waals surface area contributed by atoms with E-state index in [1.165, 1.54) is 12.1 Å². The van der Waals surface area contributed by atoms with Gasteiger partial charge in [-0.05, 0) is 26.0 Å². The van der Waals surface area contributed by atoms with E-state index in [-0.39, 0.29) is 11.5 Å². The second-order valence-corrected chi connectivity index (χ2v) is 6.14. The number of carbonyl (C=O) groups is 1. The smallest absolute Gasteiger partial charge is 0.291 e. The Labute approximate surface area is 160 Å². The zero-order chi connectivity index (χ0) is 20.6. The molecule has 0 aliphatic heterocycles. The quantitative estimate of drug-likeness (QED) is 0.572. The summed E-state index contributed by atoms with van der Waals surface area (Å²) in [5, 5.41) is 8.90. The summed E-state index contributed by atoms with van der Waals surface area (Å²) < 4.78 is 63.0. The lowest BCUT2D eigenvalue weighted by Crippen LogP contribution is -2.12. The molecule has 0 aliphatic rings. The summed E-state index contributed by atoms with van der Waals surface area (Å²) >= 11 is 5.60. The molecule has 12 heteroatoms. The van der Waals surface area contributed by atoms with Crippen LogP contribution in [0.5, 0.6) is 0 Å². The van der Waals surface area contributed by atoms with Gasteiger partial charge in [0.2, 0.25) is 0 Å². The first-order chi connectivity index (χ1) is 13.2. The number of furan rings is 1. The molecule has 3 aromatic heterocycles. The van der Waals surface area contributed by atoms with E-state index in [4.69, 9.17) is 20.5 Å². The summed E-state index contributed by atoms with van der Waals surface area (Å²) in [6, 6.07) is 2.65. The molecule has 0 spiro atoms. The number of hydrogen-bond donors (Lipinski definition) is 1. The fraction of sp³-hybridized carbons (Fsp3) is 0.312. The van der Waals surface area contributed by atoms with E-state index in [9.17, 15) is 22.4 Å². The summed E-state index contributed by atoms with van der Waals surface area (Å²) in [6.07, 6.45) is -6.23. The fourth-order valence-electron chi connectivity index (χ4n) is 2.51. The van der Waals surface area contributed by atoms with Gasteiger partial charge in [0.15, 0.2) is 11.5 Å². The van der Waals surface area contributed by atoms with Crippen LogP contribution < -0.4 is 5.32 Å². The molecule has 3 aromatic rings. The summed E-state index contributed by atoms with van der Waals surface area (Å²) in [7, 11) is 0. The van der Waals surface area contributed by atoms with Crippen molar-refractivity contribution in [3.63, 3.8) is 0 Å². The number of carbonyl (C=O) groups excluding carboxylic acids is 1. The first-order valence-electron chi connectivity index (χ1n) is 7.84. The van der Waals surface area contributed by atoms with Gasteiger partial charge in [0, 0.05) is 0 Å². The van der Waals surface area contributed by atoms with E-state index >= 15 is 0 Å². The lowest BCUT2D eigenvalue weighted by molar-refractivity contribution is 0.0993. The Kier molecular flexibility index (Phi) is 5.45. The molecule has 0 fully saturated rings. The molecule has 0 aliphatic carbocycles. The fourth-order valence-corrected chi connectivity index (χ4v) is 2.81. The second-order valence-electron chi connectivity index (χ2n) is 5.76. The maximum atomic E-state index is 13.2. The highest BCUT2D eigenvalue weighted by atomic mass is 35.5. The third kappa shape index (κ3) is 3.75. The van der Waals surface area contributed by atoms with Gasteiger partial charge in [-0.3, -0.25) is 9.48 Å². The molecule has 0 bridgehead atoms. The summed E-state index contributed by atoms with van der Waals surface area (Å²) in [5.74, 6) is -0.307. The number of nitrogens with zero attached hydrogens (tertiary/aromatic N) is 3. The number of amides is 1. The van der Waals surface area contributed by atoms with Gasteiger partial charge in [-0.1, -0.05) is 16.8 Å². The maximum Gasteiger partial charge on any atom is 0.291 e. The van der Waals surface area contributed by atoms with Crippen LogP contribution in [0.15, 0.2) is 21.1 Å². The molecular formula is C16H13ClF4N4O3. The number of rotatable bonds is 6. The monoisotopic (exact) mass is 420 g/mol. The second kappa shape index (κ2) is 7.66. The first kappa shape index (κ1) is 19.9. The maximum absolute atomic E-state index is 13.2. The predicted molar refractivity (Wildman–Crippen MR) is 88.9 cm³/mol. The van der Waals surface area contributed by atoms with Gasteiger partial charge in [0.1, 0.15) is 28.5 Å². The normalized spacial score (nSPS) is 11.6. The molecule has 0 radical (unpaired) electrons. The van der Waals surface area contributed by atoms with E-state index in [1.54, 1.807) is 13.8 Å². The molecule has 3 heterocycles. The minimum absolute atomic E-state index is 0.0470. The number of aryl methyl sites for hydroxylation is 2. The van der Waals surface area contributed by atoms with Crippen molar-refractivity contribution in [1.82, 2.24) is 14.9 Å². The highest BCUT2D eigenvalue weighted by molar-refractivity contribution is 6.32. The van der Waals surface area contributed by atoms with Crippen molar-refractivity contribution >= 4 is 23.2 Å². The highest BCUT2D eigenvalue weighted by Gasteiger charge is 2.28. The Morgan fingerprint density at radius 2 is 1.96 bits per heavy atom. The van der Waals surface area contributed by atoms with Gasteiger partial charge in [0.05, 0.1) is 11.6 Å². The Morgan fingerprint density at radius 1 is 1.25 bits per heavy atom. The van der Waals surface area contributed by atoms with Crippen LogP contribution in [0.2, 0.25) is 5.02 Å². The minimum atomic E-state index is -3.12. The third-order valence-corrected chi connectivity index (χ3v) is 4.22. The van der Waals surface area contributed by atoms with Gasteiger partial charge in [0.25, 0.3) is 18.8 Å². The minimum Gasteiger partial charge on any atom is -0.454 e. The zero-order valence-electron chi connectivity index (χ0n) is 14.5. The lowest BCUT2D eigenvalue weighted by atomic mass is 10.3. The van der Waals surface area contributed by atoms with Gasteiger partial charge in [-0.25, -0.2) is 17.6 Å². The molecule has 1 amide bonds. The van der Waals surface area contributed by atoms with Crippen molar-refractivity contribution < 1.29 is 31.3 Å². The number of anilines is 1. The van der Waals surface area contributed by atoms with Crippen molar-refractivity contribution in [2.45, 2.75) is 33.2 Å². The van der Waals surface area contributed by atoms with Gasteiger partial charge < -0.3 is 14.3 Å². The van der Waals surface area contributed by atoms with Crippen LogP contribution in [0, 0.1) is 13.8 Å². The molecule has 1 N–H and O–H groups in total. The zero-order valence-corrected chi connectivity index (χ0v) is 15.2. The van der Waals surface area contributed by atoms with E-state index in [2.05, 4.69) is 15.6 Å². The van der Waals surface area contributed by atoms with Crippen molar-refractivity contribution in [2.75, 3.05) is 5.32 Å². The largest absolute Gasteiger partial charge is 0.454 e. The van der Waals surface area contributed by atoms with Crippen molar-refractivity contribution in [1.29, 1.82) is 0 Å². The number of hydrogen-bond acceptors (Lipinski definition) is 5. The van der Waals surface area contributed by atoms with Gasteiger partial charge >= 0.3 is 0 Å². The molecular weight excluding hydrogens is 408 g/mol. The molecule has 150 valence electrons. The van der Waals surface area contributed by atoms with E-state index in [0.29, 0.717) is 21.8 Å². The standard InChI is InChI=1S/C16H13ClF4N4O3/c1-6-11(7(2)28-24-6)22-16(26)9-4-3-8(27-9)5-25-13(15(20)21)10(17)12(23-25)14(18)19/h3-4,14-15H,5H2,1-2H3,(H,22,26). The Hall–Kier alpha value is -2.82. The van der Waals surface area contributed by atoms with Crippen LogP contribution in [0.3, 0.4) is 0 Å². The Balaban J connectivity index is 1.82. The Morgan fingerprint density at radius 3 is 2.54 bits per heavy atom. The molecule has 3 rings (SSSR count). The molecule has 0 saturated heterocycles. The topological polar surface area (TPSA) is 86.1 Å². The summed E-state index contributed by atoms with van der Waals surface area (Å²) in [5.41, 5.74) is -0.955. The van der Waals surface area contributed by atoms with E-state index in [1.807, 2.05) is 0 Å². The van der Waals surface area contributed by atoms with Gasteiger partial charge in [-0.2, -0.15) is 5.10 Å². The number of aromatic nitrogens is 3. The van der Waals surface area contributed by atoms with Crippen LogP contribution in [0.4, 0.5) is 23.2 Å². The third-order valence-electron chi connectivity index (χ3n) is 3.83. The first-order valence-corrected chi connectivity index (χ1v) is 8.22. The summed E-state index contributed by atoms with van der Waals surface area (Å²) in [6.45, 7) is 2.83. The Bertz CT molecular complexity index is 992. The van der Waals surface area contributed by atoms with Crippen molar-refractivity contribution in [2.24, 2.45) is 0 Å². The van der Waals surface area contributed by atoms with Crippen LogP contribution in [-0.4, -0.2) is 20.8 Å². The average molecular weight is 421 g/mol. The lowest BCUT2D eigenvalue weighted by Gasteiger charge is -2.05. The van der Waals surface area contributed by atoms with Crippen LogP contribution in [-0.2, 0) is 6.54 Å². The summed E-state index contributed by atoms with van der Waals surface area (Å²) in [4.78, 5) is 12.3. The number of alkyl halides is 4. The van der Waals surface area contributed by atoms with Crippen LogP contribution >= 0.6 is 11.6 Å². The van der Waals surface area contributed by atoms with Crippen LogP contribution in [0.1, 0.15) is 52.0 Å². The average Bonchev–Trinajstić information content (AvgIpc) is 3.29. The van der Waals surface area contributed by atoms with E-state index < -0.39 is 41.7 Å². The van der Waals surface area contributed by atoms with Gasteiger partial charge in [-0.15, -0.1) is 0 Å². The predicted octanol–water partition coefficient (Wildman–Crippen LogP) is 4.91. The molecule has 0 atom stereocenters. The molecule has 0 aromatic carbocycles.